The molecule has 0 aromatic rings. The van der Waals surface area contributed by atoms with Crippen LogP contribution in [0.4, 0.5) is 0 Å². The third-order valence-electron chi connectivity index (χ3n) is 1.60. The van der Waals surface area contributed by atoms with Gasteiger partial charge in [0.2, 0.25) is 0 Å². The van der Waals surface area contributed by atoms with E-state index in [-0.39, 0.29) is 5.66 Å². The van der Waals surface area contributed by atoms with E-state index in [1.165, 1.54) is 0 Å². The Bertz CT molecular complexity index is 197. The van der Waals surface area contributed by atoms with Crippen molar-refractivity contribution in [3.8, 4) is 0 Å². The molecule has 11 heavy (non-hydrogen) atoms. The maximum Gasteiger partial charge on any atom is 0.192 e. The standard InChI is InChI=1S/C5H10N6/c6-3-1-5(9-10-5)2-4-8-11-7/h1-4,6H2. The first-order valence-electron chi connectivity index (χ1n) is 3.48. The Balaban J connectivity index is 2.19. The molecule has 0 atom stereocenters. The number of nitrogens with zero attached hydrogens (tertiary/aromatic N) is 5. The van der Waals surface area contributed by atoms with Gasteiger partial charge >= 0.3 is 0 Å². The Morgan fingerprint density at radius 2 is 2.18 bits per heavy atom. The molecule has 0 bridgehead atoms. The first kappa shape index (κ1) is 7.97. The summed E-state index contributed by atoms with van der Waals surface area (Å²) in [5.74, 6) is 0. The van der Waals surface area contributed by atoms with Gasteiger partial charge in [0.25, 0.3) is 0 Å². The van der Waals surface area contributed by atoms with Crippen molar-refractivity contribution in [1.82, 2.24) is 0 Å². The summed E-state index contributed by atoms with van der Waals surface area (Å²) in [4.78, 5) is 2.64. The minimum atomic E-state index is -0.289. The third-order valence-corrected chi connectivity index (χ3v) is 1.60. The van der Waals surface area contributed by atoms with Gasteiger partial charge in [-0.3, -0.25) is 0 Å². The van der Waals surface area contributed by atoms with E-state index in [2.05, 4.69) is 20.3 Å². The minimum absolute atomic E-state index is 0.289. The van der Waals surface area contributed by atoms with Gasteiger partial charge in [-0.2, -0.15) is 10.2 Å². The third kappa shape index (κ3) is 2.18. The molecule has 0 amide bonds. The van der Waals surface area contributed by atoms with Gasteiger partial charge in [0, 0.05) is 24.3 Å². The highest BCUT2D eigenvalue weighted by molar-refractivity contribution is 4.93. The van der Waals surface area contributed by atoms with Crippen molar-refractivity contribution < 1.29 is 0 Å². The Hall–Kier alpha value is -1.13. The summed E-state index contributed by atoms with van der Waals surface area (Å²) in [7, 11) is 0. The summed E-state index contributed by atoms with van der Waals surface area (Å²) in [6.07, 6.45) is 1.45. The quantitative estimate of drug-likeness (QED) is 0.359. The normalized spacial score (nSPS) is 17.5. The highest BCUT2D eigenvalue weighted by Gasteiger charge is 2.37. The molecule has 0 aliphatic carbocycles. The molecule has 0 unspecified atom stereocenters. The van der Waals surface area contributed by atoms with Crippen molar-refractivity contribution >= 4 is 0 Å². The molecule has 0 saturated heterocycles. The Labute approximate surface area is 64.1 Å². The first-order valence-corrected chi connectivity index (χ1v) is 3.48. The molecule has 60 valence electrons. The van der Waals surface area contributed by atoms with Gasteiger partial charge < -0.3 is 5.73 Å². The van der Waals surface area contributed by atoms with Crippen LogP contribution in [0.3, 0.4) is 0 Å². The monoisotopic (exact) mass is 154 g/mol. The second kappa shape index (κ2) is 3.32. The summed E-state index contributed by atoms with van der Waals surface area (Å²) < 4.78 is 0. The maximum atomic E-state index is 7.99. The fourth-order valence-corrected chi connectivity index (χ4v) is 0.901. The van der Waals surface area contributed by atoms with Crippen molar-refractivity contribution in [1.29, 1.82) is 0 Å². The second-order valence-corrected chi connectivity index (χ2v) is 2.43. The predicted octanol–water partition coefficient (Wildman–Crippen LogP) is 1.20. The maximum absolute atomic E-state index is 7.99. The van der Waals surface area contributed by atoms with Crippen LogP contribution < -0.4 is 5.73 Å². The molecule has 6 nitrogen and oxygen atoms in total. The number of azide groups is 1. The van der Waals surface area contributed by atoms with E-state index in [9.17, 15) is 0 Å². The average molecular weight is 154 g/mol. The fraction of sp³-hybridized carbons (Fsp3) is 1.00. The second-order valence-electron chi connectivity index (χ2n) is 2.43. The van der Waals surface area contributed by atoms with Crippen LogP contribution in [0.15, 0.2) is 15.3 Å². The SMILES string of the molecule is [N-]=[N+]=NCCC1(CCN)N=N1. The van der Waals surface area contributed by atoms with Crippen molar-refractivity contribution in [2.75, 3.05) is 13.1 Å². The lowest BCUT2D eigenvalue weighted by molar-refractivity contribution is 0.520. The number of hydrogen-bond acceptors (Lipinski definition) is 4. The smallest absolute Gasteiger partial charge is 0.192 e. The molecule has 6 heteroatoms. The summed E-state index contributed by atoms with van der Waals surface area (Å²) in [5.41, 5.74) is 13.0. The molecule has 1 rings (SSSR count). The van der Waals surface area contributed by atoms with Crippen LogP contribution in [0.1, 0.15) is 12.8 Å². The van der Waals surface area contributed by atoms with E-state index in [4.69, 9.17) is 11.3 Å². The average Bonchev–Trinajstić information content (AvgIpc) is 2.71. The van der Waals surface area contributed by atoms with Crippen LogP contribution in [0.5, 0.6) is 0 Å². The van der Waals surface area contributed by atoms with Crippen LogP contribution in [0.2, 0.25) is 0 Å². The molecule has 1 heterocycles. The Kier molecular flexibility index (Phi) is 2.40. The molecule has 0 radical (unpaired) electrons. The lowest BCUT2D eigenvalue weighted by Crippen LogP contribution is -2.17. The molecule has 0 aromatic carbocycles. The van der Waals surface area contributed by atoms with Gasteiger partial charge in [0.15, 0.2) is 5.66 Å². The van der Waals surface area contributed by atoms with Gasteiger partial charge in [-0.15, -0.1) is 0 Å². The summed E-state index contributed by atoms with van der Waals surface area (Å²) >= 11 is 0. The van der Waals surface area contributed by atoms with E-state index >= 15 is 0 Å². The van der Waals surface area contributed by atoms with Crippen molar-refractivity contribution in [2.24, 2.45) is 21.1 Å². The topological polar surface area (TPSA) is 99.5 Å². The lowest BCUT2D eigenvalue weighted by atomic mass is 10.1. The molecular weight excluding hydrogens is 144 g/mol. The Morgan fingerprint density at radius 3 is 2.64 bits per heavy atom. The van der Waals surface area contributed by atoms with E-state index < -0.39 is 0 Å². The van der Waals surface area contributed by atoms with Crippen LogP contribution >= 0.6 is 0 Å². The zero-order valence-electron chi connectivity index (χ0n) is 6.14. The van der Waals surface area contributed by atoms with Gasteiger partial charge in [-0.25, -0.2) is 0 Å². The number of rotatable bonds is 5. The summed E-state index contributed by atoms with van der Waals surface area (Å²) in [6, 6.07) is 0. The number of hydrogen-bond donors (Lipinski definition) is 1. The molecule has 0 spiro atoms. The van der Waals surface area contributed by atoms with Gasteiger partial charge in [-0.05, 0) is 12.1 Å². The predicted molar refractivity (Wildman–Crippen MR) is 39.9 cm³/mol. The molecular formula is C5H10N6. The van der Waals surface area contributed by atoms with Crippen LogP contribution in [0.25, 0.3) is 10.4 Å². The highest BCUT2D eigenvalue weighted by atomic mass is 15.4. The zero-order chi connectivity index (χ0) is 8.16. The van der Waals surface area contributed by atoms with Gasteiger partial charge in [0.1, 0.15) is 0 Å². The molecule has 1 aliphatic rings. The van der Waals surface area contributed by atoms with Crippen LogP contribution in [0, 0.1) is 0 Å². The molecule has 2 N–H and O–H groups in total. The van der Waals surface area contributed by atoms with Gasteiger partial charge in [-0.1, -0.05) is 5.11 Å². The number of nitrogens with two attached hydrogens (primary N) is 1. The van der Waals surface area contributed by atoms with Gasteiger partial charge in [0.05, 0.1) is 0 Å². The van der Waals surface area contributed by atoms with E-state index in [1.54, 1.807) is 0 Å². The zero-order valence-corrected chi connectivity index (χ0v) is 6.14. The van der Waals surface area contributed by atoms with Crippen LogP contribution in [-0.2, 0) is 0 Å². The Morgan fingerprint density at radius 1 is 1.45 bits per heavy atom. The van der Waals surface area contributed by atoms with Crippen molar-refractivity contribution in [2.45, 2.75) is 18.5 Å². The molecule has 0 aromatic heterocycles. The van der Waals surface area contributed by atoms with E-state index in [1.807, 2.05) is 0 Å². The largest absolute Gasteiger partial charge is 0.330 e. The molecule has 1 aliphatic heterocycles. The van der Waals surface area contributed by atoms with E-state index in [0.717, 1.165) is 6.42 Å². The van der Waals surface area contributed by atoms with Crippen LogP contribution in [-0.4, -0.2) is 18.8 Å². The lowest BCUT2D eigenvalue weighted by Gasteiger charge is -2.04. The van der Waals surface area contributed by atoms with E-state index in [0.29, 0.717) is 19.5 Å². The summed E-state index contributed by atoms with van der Waals surface area (Å²) in [5, 5.41) is 11.1. The fourth-order valence-electron chi connectivity index (χ4n) is 0.901. The molecule has 0 fully saturated rings. The highest BCUT2D eigenvalue weighted by Crippen LogP contribution is 2.34. The summed E-state index contributed by atoms with van der Waals surface area (Å²) in [6.45, 7) is 1.02. The molecule has 0 saturated carbocycles. The van der Waals surface area contributed by atoms with Crippen molar-refractivity contribution in [3.05, 3.63) is 10.4 Å². The minimum Gasteiger partial charge on any atom is -0.330 e. The first-order chi connectivity index (χ1) is 5.33. The van der Waals surface area contributed by atoms with Crippen molar-refractivity contribution in [3.63, 3.8) is 0 Å².